The third-order valence-corrected chi connectivity index (χ3v) is 3.93. The van der Waals surface area contributed by atoms with Crippen LogP contribution in [0.25, 0.3) is 10.9 Å². The molecule has 2 aromatic rings. The van der Waals surface area contributed by atoms with Crippen molar-refractivity contribution >= 4 is 19.7 Å². The minimum absolute atomic E-state index is 0.237. The number of hydrogen-bond acceptors (Lipinski definition) is 3. The second kappa shape index (κ2) is 5.80. The van der Waals surface area contributed by atoms with Crippen molar-refractivity contribution in [1.82, 2.24) is 9.78 Å². The molecular formula is C13H16N3OSi. The topological polar surface area (TPSA) is 50.8 Å². The maximum Gasteiger partial charge on any atom is 0.170 e. The van der Waals surface area contributed by atoms with E-state index in [2.05, 4.69) is 24.3 Å². The first-order valence-electron chi connectivity index (χ1n) is 5.95. The molecule has 0 N–H and O–H groups in total. The van der Waals surface area contributed by atoms with Gasteiger partial charge in [0, 0.05) is 20.8 Å². The smallest absolute Gasteiger partial charge is 0.170 e. The van der Waals surface area contributed by atoms with Crippen LogP contribution < -0.4 is 0 Å². The molecule has 1 aromatic heterocycles. The molecule has 0 saturated heterocycles. The molecule has 0 spiro atoms. The van der Waals surface area contributed by atoms with Gasteiger partial charge in [-0.3, -0.25) is 0 Å². The Labute approximate surface area is 108 Å². The zero-order valence-corrected chi connectivity index (χ0v) is 11.7. The lowest BCUT2D eigenvalue weighted by molar-refractivity contribution is 0.0819. The molecule has 2 rings (SSSR count). The van der Waals surface area contributed by atoms with Gasteiger partial charge in [-0.1, -0.05) is 25.2 Å². The van der Waals surface area contributed by atoms with Crippen LogP contribution >= 0.6 is 0 Å². The van der Waals surface area contributed by atoms with Crippen molar-refractivity contribution in [2.45, 2.75) is 25.9 Å². The van der Waals surface area contributed by atoms with Crippen LogP contribution in [0.15, 0.2) is 24.3 Å². The number of rotatable bonds is 5. The van der Waals surface area contributed by atoms with Gasteiger partial charge in [-0.15, -0.1) is 0 Å². The summed E-state index contributed by atoms with van der Waals surface area (Å²) < 4.78 is 7.37. The van der Waals surface area contributed by atoms with Crippen molar-refractivity contribution in [3.8, 4) is 6.07 Å². The molecule has 1 aromatic carbocycles. The summed E-state index contributed by atoms with van der Waals surface area (Å²) in [6, 6.07) is 11.0. The number of nitrogens with zero attached hydrogens (tertiary/aromatic N) is 3. The SMILES string of the molecule is C[Si](C)CCOCn1nc(C#N)c2ccccc21. The van der Waals surface area contributed by atoms with Crippen molar-refractivity contribution in [1.29, 1.82) is 5.26 Å². The molecule has 0 saturated carbocycles. The first-order chi connectivity index (χ1) is 8.72. The highest BCUT2D eigenvalue weighted by Crippen LogP contribution is 2.17. The highest BCUT2D eigenvalue weighted by Gasteiger charge is 2.08. The van der Waals surface area contributed by atoms with E-state index in [0.717, 1.165) is 23.6 Å². The Morgan fingerprint density at radius 3 is 2.89 bits per heavy atom. The zero-order chi connectivity index (χ0) is 13.0. The van der Waals surface area contributed by atoms with Crippen LogP contribution in [0.2, 0.25) is 19.1 Å². The summed E-state index contributed by atoms with van der Waals surface area (Å²) in [5.74, 6) is 0. The first kappa shape index (κ1) is 12.8. The monoisotopic (exact) mass is 258 g/mol. The Hall–Kier alpha value is -1.64. The Bertz CT molecular complexity index is 571. The Kier molecular flexibility index (Phi) is 4.13. The van der Waals surface area contributed by atoms with E-state index in [1.165, 1.54) is 0 Å². The van der Waals surface area contributed by atoms with Gasteiger partial charge in [0.25, 0.3) is 0 Å². The van der Waals surface area contributed by atoms with Crippen molar-refractivity contribution in [3.63, 3.8) is 0 Å². The predicted octanol–water partition coefficient (Wildman–Crippen LogP) is 2.64. The highest BCUT2D eigenvalue weighted by atomic mass is 28.3. The van der Waals surface area contributed by atoms with Crippen LogP contribution in [-0.4, -0.2) is 25.2 Å². The molecule has 1 heterocycles. The van der Waals surface area contributed by atoms with Crippen molar-refractivity contribution < 1.29 is 4.74 Å². The van der Waals surface area contributed by atoms with Crippen LogP contribution in [0.3, 0.4) is 0 Å². The summed E-state index contributed by atoms with van der Waals surface area (Å²) >= 11 is 0. The summed E-state index contributed by atoms with van der Waals surface area (Å²) in [5, 5.41) is 14.2. The number of nitriles is 1. The number of hydrogen-bond donors (Lipinski definition) is 0. The fourth-order valence-corrected chi connectivity index (χ4v) is 2.29. The van der Waals surface area contributed by atoms with Gasteiger partial charge in [0.05, 0.1) is 5.52 Å². The second-order valence-electron chi connectivity index (χ2n) is 4.47. The van der Waals surface area contributed by atoms with E-state index in [4.69, 9.17) is 10.00 Å². The maximum atomic E-state index is 9.03. The van der Waals surface area contributed by atoms with E-state index in [9.17, 15) is 0 Å². The summed E-state index contributed by atoms with van der Waals surface area (Å²) in [6.45, 7) is 5.71. The Morgan fingerprint density at radius 2 is 2.17 bits per heavy atom. The molecule has 0 aliphatic carbocycles. The number of benzene rings is 1. The van der Waals surface area contributed by atoms with Crippen molar-refractivity contribution in [2.75, 3.05) is 6.61 Å². The lowest BCUT2D eigenvalue weighted by atomic mass is 10.2. The van der Waals surface area contributed by atoms with Gasteiger partial charge in [0.1, 0.15) is 12.8 Å². The lowest BCUT2D eigenvalue weighted by Gasteiger charge is -2.06. The van der Waals surface area contributed by atoms with E-state index >= 15 is 0 Å². The van der Waals surface area contributed by atoms with E-state index in [1.807, 2.05) is 24.3 Å². The molecule has 1 radical (unpaired) electrons. The van der Waals surface area contributed by atoms with E-state index in [0.29, 0.717) is 12.4 Å². The maximum absolute atomic E-state index is 9.03. The molecule has 0 aliphatic rings. The lowest BCUT2D eigenvalue weighted by Crippen LogP contribution is -2.09. The number of fused-ring (bicyclic) bond motifs is 1. The predicted molar refractivity (Wildman–Crippen MR) is 72.7 cm³/mol. The van der Waals surface area contributed by atoms with E-state index < -0.39 is 0 Å². The third-order valence-electron chi connectivity index (χ3n) is 2.72. The van der Waals surface area contributed by atoms with Crippen LogP contribution in [-0.2, 0) is 11.5 Å². The van der Waals surface area contributed by atoms with Gasteiger partial charge in [0.2, 0.25) is 0 Å². The van der Waals surface area contributed by atoms with Crippen LogP contribution in [0.5, 0.6) is 0 Å². The summed E-state index contributed by atoms with van der Waals surface area (Å²) in [4.78, 5) is 0. The standard InChI is InChI=1S/C13H16N3OSi/c1-18(2)8-7-17-10-16-13-6-4-3-5-11(13)12(9-14)15-16/h3-6H,7-8,10H2,1-2H3. The third kappa shape index (κ3) is 2.78. The quantitative estimate of drug-likeness (QED) is 0.612. The average Bonchev–Trinajstić information content (AvgIpc) is 2.73. The largest absolute Gasteiger partial charge is 0.360 e. The molecule has 0 fully saturated rings. The van der Waals surface area contributed by atoms with Crippen LogP contribution in [0, 0.1) is 11.3 Å². The summed E-state index contributed by atoms with van der Waals surface area (Å²) in [7, 11) is -0.237. The number of aromatic nitrogens is 2. The van der Waals surface area contributed by atoms with Crippen LogP contribution in [0.4, 0.5) is 0 Å². The molecule has 0 bridgehead atoms. The molecule has 0 atom stereocenters. The molecule has 18 heavy (non-hydrogen) atoms. The average molecular weight is 258 g/mol. The fourth-order valence-electron chi connectivity index (χ4n) is 1.74. The molecule has 4 nitrogen and oxygen atoms in total. The fraction of sp³-hybridized carbons (Fsp3) is 0.385. The van der Waals surface area contributed by atoms with E-state index in [1.54, 1.807) is 4.68 Å². The van der Waals surface area contributed by atoms with Gasteiger partial charge in [-0.05, 0) is 18.2 Å². The summed E-state index contributed by atoms with van der Waals surface area (Å²) in [6.07, 6.45) is 0. The molecule has 0 unspecified atom stereocenters. The zero-order valence-electron chi connectivity index (χ0n) is 10.7. The highest BCUT2D eigenvalue weighted by molar-refractivity contribution is 6.55. The van der Waals surface area contributed by atoms with Gasteiger partial charge in [0.15, 0.2) is 5.69 Å². The Morgan fingerprint density at radius 1 is 1.39 bits per heavy atom. The minimum Gasteiger partial charge on any atom is -0.360 e. The first-order valence-corrected chi connectivity index (χ1v) is 8.65. The number of para-hydroxylation sites is 1. The minimum atomic E-state index is -0.237. The van der Waals surface area contributed by atoms with Crippen molar-refractivity contribution in [2.24, 2.45) is 0 Å². The van der Waals surface area contributed by atoms with Gasteiger partial charge < -0.3 is 4.74 Å². The molecule has 5 heteroatoms. The van der Waals surface area contributed by atoms with Gasteiger partial charge in [-0.2, -0.15) is 10.4 Å². The van der Waals surface area contributed by atoms with Gasteiger partial charge in [-0.25, -0.2) is 4.68 Å². The Balaban J connectivity index is 2.11. The van der Waals surface area contributed by atoms with Crippen molar-refractivity contribution in [3.05, 3.63) is 30.0 Å². The number of ether oxygens (including phenoxy) is 1. The normalized spacial score (nSPS) is 11.0. The molecule has 0 amide bonds. The van der Waals surface area contributed by atoms with E-state index in [-0.39, 0.29) is 8.80 Å². The molecular weight excluding hydrogens is 242 g/mol. The second-order valence-corrected chi connectivity index (χ2v) is 7.39. The molecule has 0 aliphatic heterocycles. The van der Waals surface area contributed by atoms with Crippen LogP contribution in [0.1, 0.15) is 5.69 Å². The van der Waals surface area contributed by atoms with Gasteiger partial charge >= 0.3 is 0 Å². The molecule has 93 valence electrons. The summed E-state index contributed by atoms with van der Waals surface area (Å²) in [5.41, 5.74) is 1.41.